The lowest BCUT2D eigenvalue weighted by Gasteiger charge is -2.29. The van der Waals surface area contributed by atoms with Crippen LogP contribution in [0.5, 0.6) is 5.75 Å². The Kier molecular flexibility index (Phi) is 4.52. The fourth-order valence-corrected chi connectivity index (χ4v) is 3.67. The van der Waals surface area contributed by atoms with Gasteiger partial charge in [-0.05, 0) is 74.6 Å². The van der Waals surface area contributed by atoms with Crippen molar-refractivity contribution in [1.29, 1.82) is 0 Å². The number of aliphatic carboxylic acids is 1. The highest BCUT2D eigenvalue weighted by Crippen LogP contribution is 2.47. The number of hydrogen-bond donors (Lipinski definition) is 1. The van der Waals surface area contributed by atoms with E-state index in [4.69, 9.17) is 9.84 Å². The highest BCUT2D eigenvalue weighted by molar-refractivity contribution is 5.95. The quantitative estimate of drug-likeness (QED) is 0.834. The predicted molar refractivity (Wildman–Crippen MR) is 90.4 cm³/mol. The van der Waals surface area contributed by atoms with Gasteiger partial charge < -0.3 is 14.7 Å². The minimum atomic E-state index is -1.01. The van der Waals surface area contributed by atoms with Crippen LogP contribution in [0.1, 0.15) is 47.2 Å². The molecule has 0 aliphatic heterocycles. The second-order valence-corrected chi connectivity index (χ2v) is 7.20. The monoisotopic (exact) mass is 331 g/mol. The molecule has 2 aliphatic carbocycles. The molecule has 5 nitrogen and oxygen atoms in total. The van der Waals surface area contributed by atoms with Gasteiger partial charge in [-0.2, -0.15) is 0 Å². The second-order valence-electron chi connectivity index (χ2n) is 7.20. The lowest BCUT2D eigenvalue weighted by Crippen LogP contribution is -2.40. The number of hydrogen-bond acceptors (Lipinski definition) is 3. The van der Waals surface area contributed by atoms with Crippen molar-refractivity contribution in [3.63, 3.8) is 0 Å². The summed E-state index contributed by atoms with van der Waals surface area (Å²) in [6.07, 6.45) is 4.94. The SMILES string of the molecule is Cc1cc(C(=O)N(C)C(C2CC2)C2CC2)cc(C)c1OCC(=O)O. The Morgan fingerprint density at radius 1 is 1.17 bits per heavy atom. The van der Waals surface area contributed by atoms with Gasteiger partial charge in [-0.25, -0.2) is 4.79 Å². The molecule has 1 amide bonds. The summed E-state index contributed by atoms with van der Waals surface area (Å²) >= 11 is 0. The number of carbonyl (C=O) groups is 2. The Labute approximate surface area is 142 Å². The third-order valence-electron chi connectivity index (χ3n) is 5.02. The molecule has 0 spiro atoms. The molecule has 1 aromatic carbocycles. The number of aryl methyl sites for hydroxylation is 2. The molecule has 1 aromatic rings. The van der Waals surface area contributed by atoms with Gasteiger partial charge in [0.15, 0.2) is 6.61 Å². The van der Waals surface area contributed by atoms with E-state index in [-0.39, 0.29) is 12.5 Å². The lowest BCUT2D eigenvalue weighted by molar-refractivity contribution is -0.139. The van der Waals surface area contributed by atoms with E-state index in [1.807, 2.05) is 25.8 Å². The van der Waals surface area contributed by atoms with Crippen LogP contribution in [0.3, 0.4) is 0 Å². The van der Waals surface area contributed by atoms with E-state index < -0.39 is 5.97 Å². The Morgan fingerprint density at radius 2 is 1.67 bits per heavy atom. The molecule has 0 aromatic heterocycles. The maximum atomic E-state index is 12.9. The van der Waals surface area contributed by atoms with E-state index >= 15 is 0 Å². The van der Waals surface area contributed by atoms with Gasteiger partial charge in [-0.15, -0.1) is 0 Å². The zero-order valence-corrected chi connectivity index (χ0v) is 14.5. The van der Waals surface area contributed by atoms with Crippen LogP contribution in [0, 0.1) is 25.7 Å². The molecular weight excluding hydrogens is 306 g/mol. The number of carbonyl (C=O) groups excluding carboxylic acids is 1. The molecule has 2 aliphatic rings. The molecule has 0 radical (unpaired) electrons. The van der Waals surface area contributed by atoms with Crippen LogP contribution in [0.15, 0.2) is 12.1 Å². The van der Waals surface area contributed by atoms with Crippen LogP contribution < -0.4 is 4.74 Å². The smallest absolute Gasteiger partial charge is 0.341 e. The largest absolute Gasteiger partial charge is 0.481 e. The third kappa shape index (κ3) is 3.55. The summed E-state index contributed by atoms with van der Waals surface area (Å²) in [6, 6.07) is 3.99. The summed E-state index contributed by atoms with van der Waals surface area (Å²) in [5.74, 6) is 0.941. The first-order valence-electron chi connectivity index (χ1n) is 8.61. The van der Waals surface area contributed by atoms with Crippen molar-refractivity contribution in [1.82, 2.24) is 4.90 Å². The van der Waals surface area contributed by atoms with Gasteiger partial charge in [0.05, 0.1) is 0 Å². The van der Waals surface area contributed by atoms with E-state index in [0.29, 0.717) is 29.2 Å². The minimum absolute atomic E-state index is 0.0507. The standard InChI is InChI=1S/C19H25NO4/c1-11-8-15(9-12(2)18(11)24-10-16(21)22)19(23)20(3)17(13-4-5-13)14-6-7-14/h8-9,13-14,17H,4-7,10H2,1-3H3,(H,21,22). The number of carboxylic acids is 1. The third-order valence-corrected chi connectivity index (χ3v) is 5.02. The average molecular weight is 331 g/mol. The fraction of sp³-hybridized carbons (Fsp3) is 0.579. The van der Waals surface area contributed by atoms with Crippen LogP contribution in [0.4, 0.5) is 0 Å². The van der Waals surface area contributed by atoms with Crippen LogP contribution in [0.2, 0.25) is 0 Å². The number of carboxylic acid groups (broad SMARTS) is 1. The first-order chi connectivity index (χ1) is 11.4. The second kappa shape index (κ2) is 6.46. The van der Waals surface area contributed by atoms with Gasteiger partial charge >= 0.3 is 5.97 Å². The maximum absolute atomic E-state index is 12.9. The van der Waals surface area contributed by atoms with Gasteiger partial charge in [0, 0.05) is 18.7 Å². The van der Waals surface area contributed by atoms with Crippen LogP contribution in [-0.4, -0.2) is 41.6 Å². The fourth-order valence-electron chi connectivity index (χ4n) is 3.67. The zero-order chi connectivity index (χ0) is 17.4. The number of rotatable bonds is 7. The first-order valence-corrected chi connectivity index (χ1v) is 8.61. The molecule has 0 unspecified atom stereocenters. The number of ether oxygens (including phenoxy) is 1. The Hall–Kier alpha value is -2.04. The molecule has 2 fully saturated rings. The highest BCUT2D eigenvalue weighted by Gasteiger charge is 2.45. The van der Waals surface area contributed by atoms with Crippen molar-refractivity contribution in [3.8, 4) is 5.75 Å². The van der Waals surface area contributed by atoms with E-state index in [1.165, 1.54) is 25.7 Å². The number of nitrogens with zero attached hydrogens (tertiary/aromatic N) is 1. The van der Waals surface area contributed by atoms with Gasteiger partial charge in [0.25, 0.3) is 5.91 Å². The molecule has 2 saturated carbocycles. The van der Waals surface area contributed by atoms with Crippen molar-refractivity contribution in [2.24, 2.45) is 11.8 Å². The molecule has 130 valence electrons. The molecule has 5 heteroatoms. The van der Waals surface area contributed by atoms with Crippen LogP contribution in [-0.2, 0) is 4.79 Å². The summed E-state index contributed by atoms with van der Waals surface area (Å²) < 4.78 is 5.34. The van der Waals surface area contributed by atoms with Crippen LogP contribution >= 0.6 is 0 Å². The maximum Gasteiger partial charge on any atom is 0.341 e. The van der Waals surface area contributed by atoms with E-state index in [0.717, 1.165) is 11.1 Å². The Bertz CT molecular complexity index is 626. The van der Waals surface area contributed by atoms with Crippen molar-refractivity contribution in [2.75, 3.05) is 13.7 Å². The Morgan fingerprint density at radius 3 is 2.08 bits per heavy atom. The average Bonchev–Trinajstić information content (AvgIpc) is 3.39. The lowest BCUT2D eigenvalue weighted by atomic mass is 10.0. The van der Waals surface area contributed by atoms with Gasteiger partial charge in [0.1, 0.15) is 5.75 Å². The topological polar surface area (TPSA) is 66.8 Å². The van der Waals surface area contributed by atoms with Crippen molar-refractivity contribution < 1.29 is 19.4 Å². The highest BCUT2D eigenvalue weighted by atomic mass is 16.5. The molecular formula is C19H25NO4. The first kappa shape index (κ1) is 16.8. The molecule has 24 heavy (non-hydrogen) atoms. The molecule has 3 rings (SSSR count). The van der Waals surface area contributed by atoms with Gasteiger partial charge in [-0.3, -0.25) is 4.79 Å². The summed E-state index contributed by atoms with van der Waals surface area (Å²) in [5, 5.41) is 8.76. The summed E-state index contributed by atoms with van der Waals surface area (Å²) in [5.41, 5.74) is 2.24. The summed E-state index contributed by atoms with van der Waals surface area (Å²) in [7, 11) is 1.92. The normalized spacial score (nSPS) is 17.0. The Balaban J connectivity index is 1.78. The number of amides is 1. The molecule has 1 N–H and O–H groups in total. The van der Waals surface area contributed by atoms with E-state index in [9.17, 15) is 9.59 Å². The predicted octanol–water partition coefficient (Wildman–Crippen LogP) is 3.03. The molecule has 0 atom stereocenters. The van der Waals surface area contributed by atoms with Gasteiger partial charge in [-0.1, -0.05) is 0 Å². The van der Waals surface area contributed by atoms with E-state index in [2.05, 4.69) is 0 Å². The summed E-state index contributed by atoms with van der Waals surface area (Å²) in [6.45, 7) is 3.32. The van der Waals surface area contributed by atoms with Crippen molar-refractivity contribution in [2.45, 2.75) is 45.6 Å². The van der Waals surface area contributed by atoms with Crippen LogP contribution in [0.25, 0.3) is 0 Å². The molecule has 0 saturated heterocycles. The molecule has 0 bridgehead atoms. The molecule has 0 heterocycles. The van der Waals surface area contributed by atoms with Crippen molar-refractivity contribution >= 4 is 11.9 Å². The zero-order valence-electron chi connectivity index (χ0n) is 14.5. The number of benzene rings is 1. The minimum Gasteiger partial charge on any atom is -0.481 e. The van der Waals surface area contributed by atoms with E-state index in [1.54, 1.807) is 12.1 Å². The van der Waals surface area contributed by atoms with Crippen molar-refractivity contribution in [3.05, 3.63) is 28.8 Å². The summed E-state index contributed by atoms with van der Waals surface area (Å²) in [4.78, 5) is 25.5. The van der Waals surface area contributed by atoms with Gasteiger partial charge in [0.2, 0.25) is 0 Å².